The SMILES string of the molecule is CCOc1ccc(C(=O)NCc2ccc(OC)cc2)cc1COc1ccccc1C. The Kier molecular flexibility index (Phi) is 7.33. The van der Waals surface area contributed by atoms with Crippen LogP contribution in [0, 0.1) is 6.92 Å². The minimum atomic E-state index is -0.147. The highest BCUT2D eigenvalue weighted by Crippen LogP contribution is 2.24. The van der Waals surface area contributed by atoms with Gasteiger partial charge < -0.3 is 19.5 Å². The zero-order valence-electron chi connectivity index (χ0n) is 17.6. The Morgan fingerprint density at radius 2 is 1.70 bits per heavy atom. The maximum atomic E-state index is 12.7. The van der Waals surface area contributed by atoms with Crippen molar-refractivity contribution in [2.45, 2.75) is 27.0 Å². The summed E-state index contributed by atoms with van der Waals surface area (Å²) in [5.41, 5.74) is 3.45. The number of carbonyl (C=O) groups excluding carboxylic acids is 1. The fraction of sp³-hybridized carbons (Fsp3) is 0.240. The summed E-state index contributed by atoms with van der Waals surface area (Å²) in [6, 6.07) is 20.9. The lowest BCUT2D eigenvalue weighted by Crippen LogP contribution is -2.23. The van der Waals surface area contributed by atoms with E-state index in [2.05, 4.69) is 5.32 Å². The summed E-state index contributed by atoms with van der Waals surface area (Å²) in [5, 5.41) is 2.95. The Balaban J connectivity index is 1.70. The van der Waals surface area contributed by atoms with Crippen molar-refractivity contribution in [3.05, 3.63) is 89.0 Å². The molecule has 3 aromatic rings. The number of carbonyl (C=O) groups is 1. The zero-order valence-corrected chi connectivity index (χ0v) is 17.6. The second kappa shape index (κ2) is 10.3. The zero-order chi connectivity index (χ0) is 21.3. The molecule has 0 unspecified atom stereocenters. The maximum Gasteiger partial charge on any atom is 0.251 e. The molecule has 3 rings (SSSR count). The number of rotatable bonds is 9. The van der Waals surface area contributed by atoms with Gasteiger partial charge in [0.15, 0.2) is 0 Å². The normalized spacial score (nSPS) is 10.4. The first-order valence-electron chi connectivity index (χ1n) is 9.96. The Morgan fingerprint density at radius 1 is 0.933 bits per heavy atom. The van der Waals surface area contributed by atoms with E-state index in [9.17, 15) is 4.79 Å². The van der Waals surface area contributed by atoms with Crippen LogP contribution in [0.4, 0.5) is 0 Å². The summed E-state index contributed by atoms with van der Waals surface area (Å²) in [6.45, 7) is 5.23. The van der Waals surface area contributed by atoms with E-state index in [0.717, 1.165) is 33.9 Å². The molecule has 0 atom stereocenters. The molecule has 0 bridgehead atoms. The Hall–Kier alpha value is -3.47. The number of para-hydroxylation sites is 1. The van der Waals surface area contributed by atoms with Crippen molar-refractivity contribution in [3.63, 3.8) is 0 Å². The lowest BCUT2D eigenvalue weighted by molar-refractivity contribution is 0.0950. The van der Waals surface area contributed by atoms with Crippen molar-refractivity contribution in [2.75, 3.05) is 13.7 Å². The summed E-state index contributed by atoms with van der Waals surface area (Å²) in [7, 11) is 1.63. The van der Waals surface area contributed by atoms with Crippen LogP contribution in [0.25, 0.3) is 0 Å². The van der Waals surface area contributed by atoms with Crippen molar-refractivity contribution in [1.29, 1.82) is 0 Å². The van der Waals surface area contributed by atoms with Crippen LogP contribution in [0.1, 0.15) is 34.0 Å². The predicted molar refractivity (Wildman–Crippen MR) is 117 cm³/mol. The Morgan fingerprint density at radius 3 is 2.40 bits per heavy atom. The number of methoxy groups -OCH3 is 1. The van der Waals surface area contributed by atoms with Crippen molar-refractivity contribution >= 4 is 5.91 Å². The van der Waals surface area contributed by atoms with Gasteiger partial charge in [-0.2, -0.15) is 0 Å². The third-order valence-corrected chi connectivity index (χ3v) is 4.71. The van der Waals surface area contributed by atoms with Crippen LogP contribution in [0.3, 0.4) is 0 Å². The first-order valence-corrected chi connectivity index (χ1v) is 9.96. The van der Waals surface area contributed by atoms with E-state index in [1.165, 1.54) is 0 Å². The monoisotopic (exact) mass is 405 g/mol. The molecule has 156 valence electrons. The van der Waals surface area contributed by atoms with Gasteiger partial charge in [-0.1, -0.05) is 30.3 Å². The molecule has 1 amide bonds. The van der Waals surface area contributed by atoms with E-state index in [1.54, 1.807) is 13.2 Å². The molecule has 0 saturated carbocycles. The van der Waals surface area contributed by atoms with Crippen molar-refractivity contribution in [2.24, 2.45) is 0 Å². The lowest BCUT2D eigenvalue weighted by atomic mass is 10.1. The molecular weight excluding hydrogens is 378 g/mol. The van der Waals surface area contributed by atoms with Gasteiger partial charge in [0.05, 0.1) is 13.7 Å². The van der Waals surface area contributed by atoms with Crippen LogP contribution in [0.2, 0.25) is 0 Å². The molecule has 0 saturated heterocycles. The average Bonchev–Trinajstić information content (AvgIpc) is 2.78. The molecule has 0 radical (unpaired) electrons. The number of aryl methyl sites for hydroxylation is 1. The van der Waals surface area contributed by atoms with E-state index >= 15 is 0 Å². The summed E-state index contributed by atoms with van der Waals surface area (Å²) < 4.78 is 16.8. The van der Waals surface area contributed by atoms with E-state index in [4.69, 9.17) is 14.2 Å². The van der Waals surface area contributed by atoms with Gasteiger partial charge in [-0.25, -0.2) is 0 Å². The van der Waals surface area contributed by atoms with Crippen LogP contribution >= 0.6 is 0 Å². The number of amides is 1. The molecule has 5 nitrogen and oxygen atoms in total. The van der Waals surface area contributed by atoms with E-state index in [-0.39, 0.29) is 5.91 Å². The van der Waals surface area contributed by atoms with Crippen LogP contribution < -0.4 is 19.5 Å². The predicted octanol–water partition coefficient (Wildman–Crippen LogP) is 4.91. The minimum absolute atomic E-state index is 0.147. The molecule has 0 aliphatic rings. The van der Waals surface area contributed by atoms with Crippen LogP contribution in [-0.4, -0.2) is 19.6 Å². The summed E-state index contributed by atoms with van der Waals surface area (Å²) >= 11 is 0. The van der Waals surface area contributed by atoms with Gasteiger partial charge in [0.2, 0.25) is 0 Å². The van der Waals surface area contributed by atoms with Gasteiger partial charge in [-0.3, -0.25) is 4.79 Å². The van der Waals surface area contributed by atoms with Gasteiger partial charge in [-0.15, -0.1) is 0 Å². The average molecular weight is 405 g/mol. The summed E-state index contributed by atoms with van der Waals surface area (Å²) in [5.74, 6) is 2.17. The molecule has 0 fully saturated rings. The molecule has 30 heavy (non-hydrogen) atoms. The van der Waals surface area contributed by atoms with Gasteiger partial charge in [-0.05, 0) is 61.4 Å². The van der Waals surface area contributed by atoms with Crippen molar-refractivity contribution in [3.8, 4) is 17.2 Å². The fourth-order valence-electron chi connectivity index (χ4n) is 3.03. The van der Waals surface area contributed by atoms with Crippen LogP contribution in [0.5, 0.6) is 17.2 Å². The van der Waals surface area contributed by atoms with Gasteiger partial charge >= 0.3 is 0 Å². The van der Waals surface area contributed by atoms with Crippen LogP contribution in [0.15, 0.2) is 66.7 Å². The van der Waals surface area contributed by atoms with Gasteiger partial charge in [0.1, 0.15) is 23.9 Å². The molecule has 0 aliphatic carbocycles. The molecule has 0 aliphatic heterocycles. The first-order chi connectivity index (χ1) is 14.6. The van der Waals surface area contributed by atoms with Crippen molar-refractivity contribution in [1.82, 2.24) is 5.32 Å². The molecule has 3 aromatic carbocycles. The molecule has 1 N–H and O–H groups in total. The van der Waals surface area contributed by atoms with E-state index < -0.39 is 0 Å². The molecule has 0 aromatic heterocycles. The smallest absolute Gasteiger partial charge is 0.251 e. The highest BCUT2D eigenvalue weighted by Gasteiger charge is 2.12. The van der Waals surface area contributed by atoms with Crippen LogP contribution in [-0.2, 0) is 13.2 Å². The third-order valence-electron chi connectivity index (χ3n) is 4.71. The number of hydrogen-bond donors (Lipinski definition) is 1. The third kappa shape index (κ3) is 5.54. The number of nitrogens with one attached hydrogen (secondary N) is 1. The maximum absolute atomic E-state index is 12.7. The first kappa shape index (κ1) is 21.2. The molecular formula is C25H27NO4. The fourth-order valence-corrected chi connectivity index (χ4v) is 3.03. The lowest BCUT2D eigenvalue weighted by Gasteiger charge is -2.14. The largest absolute Gasteiger partial charge is 0.497 e. The topological polar surface area (TPSA) is 56.8 Å². The van der Waals surface area contributed by atoms with E-state index in [1.807, 2.05) is 74.5 Å². The quantitative estimate of drug-likeness (QED) is 0.549. The second-order valence-corrected chi connectivity index (χ2v) is 6.84. The number of benzene rings is 3. The summed E-state index contributed by atoms with van der Waals surface area (Å²) in [4.78, 5) is 12.7. The summed E-state index contributed by atoms with van der Waals surface area (Å²) in [6.07, 6.45) is 0. The molecule has 5 heteroatoms. The number of ether oxygens (including phenoxy) is 3. The molecule has 0 spiro atoms. The highest BCUT2D eigenvalue weighted by atomic mass is 16.5. The Labute approximate surface area is 177 Å². The van der Waals surface area contributed by atoms with Gasteiger partial charge in [0, 0.05) is 17.7 Å². The van der Waals surface area contributed by atoms with Crippen molar-refractivity contribution < 1.29 is 19.0 Å². The Bertz CT molecular complexity index is 983. The highest BCUT2D eigenvalue weighted by molar-refractivity contribution is 5.94. The standard InChI is InChI=1S/C25H27NO4/c1-4-29-24-14-11-20(15-21(24)17-30-23-8-6-5-7-18(23)2)25(27)26-16-19-9-12-22(28-3)13-10-19/h5-15H,4,16-17H2,1-3H3,(H,26,27). The van der Waals surface area contributed by atoms with Gasteiger partial charge in [0.25, 0.3) is 5.91 Å². The molecule has 0 heterocycles. The van der Waals surface area contributed by atoms with E-state index in [0.29, 0.717) is 25.3 Å². The number of hydrogen-bond acceptors (Lipinski definition) is 4. The minimum Gasteiger partial charge on any atom is -0.497 e. The second-order valence-electron chi connectivity index (χ2n) is 6.84.